The molecule has 8 nitrogen and oxygen atoms in total. The summed E-state index contributed by atoms with van der Waals surface area (Å²) in [6, 6.07) is 17.7. The van der Waals surface area contributed by atoms with Gasteiger partial charge in [-0.05, 0) is 42.8 Å². The van der Waals surface area contributed by atoms with E-state index in [9.17, 15) is 10.1 Å². The Morgan fingerprint density at radius 3 is 2.29 bits per heavy atom. The molecule has 0 N–H and O–H groups in total. The lowest BCUT2D eigenvalue weighted by Gasteiger charge is -2.19. The number of ether oxygens (including phenoxy) is 1. The Balaban J connectivity index is 1.58. The number of ketones is 1. The van der Waals surface area contributed by atoms with Crippen molar-refractivity contribution in [3.05, 3.63) is 59.9 Å². The maximum Gasteiger partial charge on any atom is 0.191 e. The summed E-state index contributed by atoms with van der Waals surface area (Å²) < 4.78 is 7.31. The van der Waals surface area contributed by atoms with Crippen molar-refractivity contribution in [1.82, 2.24) is 14.8 Å². The number of nitrogens with zero attached hydrogens (tertiary/aromatic N) is 6. The largest absolute Gasteiger partial charge is 0.497 e. The van der Waals surface area contributed by atoms with Gasteiger partial charge in [-0.1, -0.05) is 37.2 Å². The van der Waals surface area contributed by atoms with E-state index in [1.807, 2.05) is 77.0 Å². The number of Topliss-reactive ketones (excluding diaryl/α,β-unsaturated/α-hetero) is 1. The van der Waals surface area contributed by atoms with E-state index >= 15 is 0 Å². The number of thioether (sulfide) groups is 1. The van der Waals surface area contributed by atoms with Crippen LogP contribution in [0.4, 0.5) is 11.4 Å². The first-order chi connectivity index (χ1) is 17.0. The van der Waals surface area contributed by atoms with E-state index in [0.29, 0.717) is 11.0 Å². The van der Waals surface area contributed by atoms with Gasteiger partial charge in [0.1, 0.15) is 23.2 Å². The summed E-state index contributed by atoms with van der Waals surface area (Å²) in [6.07, 6.45) is 1.98. The van der Waals surface area contributed by atoms with E-state index in [1.165, 1.54) is 11.8 Å². The Morgan fingerprint density at radius 2 is 1.71 bits per heavy atom. The van der Waals surface area contributed by atoms with Crippen LogP contribution in [0.2, 0.25) is 0 Å². The summed E-state index contributed by atoms with van der Waals surface area (Å²) in [5.74, 6) is 1.97. The molecular weight excluding hydrogens is 460 g/mol. The predicted molar refractivity (Wildman–Crippen MR) is 139 cm³/mol. The van der Waals surface area contributed by atoms with Crippen LogP contribution in [0.25, 0.3) is 11.4 Å². The van der Waals surface area contributed by atoms with Gasteiger partial charge in [-0.25, -0.2) is 0 Å². The second-order valence-electron chi connectivity index (χ2n) is 8.17. The van der Waals surface area contributed by atoms with Crippen LogP contribution in [0.1, 0.15) is 19.8 Å². The van der Waals surface area contributed by atoms with E-state index in [4.69, 9.17) is 4.74 Å². The molecule has 0 radical (unpaired) electrons. The molecule has 4 rings (SSSR count). The zero-order valence-electron chi connectivity index (χ0n) is 20.4. The van der Waals surface area contributed by atoms with Crippen LogP contribution in [0.5, 0.6) is 5.75 Å². The van der Waals surface area contributed by atoms with E-state index in [-0.39, 0.29) is 17.1 Å². The number of methoxy groups -OCH3 is 1. The van der Waals surface area contributed by atoms with Crippen molar-refractivity contribution in [3.63, 3.8) is 0 Å². The number of benzene rings is 2. The van der Waals surface area contributed by atoms with Crippen LogP contribution >= 0.6 is 11.8 Å². The number of hydrogen-bond donors (Lipinski definition) is 0. The Kier molecular flexibility index (Phi) is 7.42. The fraction of sp³-hybridized carbons (Fsp3) is 0.308. The standard InChI is InChI=1S/C26H28N6O2S/c1-5-6-15-32-24(18-11-13-19(34-4)14-12-18)28-29-26(32)35-17-23(33)20(16-27)25-30(2)21-9-7-8-10-22(21)31(25)3/h7-14H,5-6,15,17H2,1-4H3. The van der Waals surface area contributed by atoms with Gasteiger partial charge in [-0.3, -0.25) is 4.79 Å². The molecule has 1 aromatic heterocycles. The maximum atomic E-state index is 13.2. The van der Waals surface area contributed by atoms with Crippen LogP contribution < -0.4 is 14.5 Å². The fourth-order valence-electron chi connectivity index (χ4n) is 4.13. The minimum absolute atomic E-state index is 0.0945. The average Bonchev–Trinajstić information content (AvgIpc) is 3.41. The van der Waals surface area contributed by atoms with Gasteiger partial charge in [0, 0.05) is 26.2 Å². The number of hydrogen-bond acceptors (Lipinski definition) is 8. The van der Waals surface area contributed by atoms with Crippen LogP contribution in [0.3, 0.4) is 0 Å². The number of carbonyl (C=O) groups is 1. The fourth-order valence-corrected chi connectivity index (χ4v) is 4.96. The Morgan fingerprint density at radius 1 is 1.06 bits per heavy atom. The Hall–Kier alpha value is -3.77. The number of fused-ring (bicyclic) bond motifs is 1. The van der Waals surface area contributed by atoms with Crippen LogP contribution in [-0.2, 0) is 11.3 Å². The molecule has 0 aliphatic carbocycles. The highest BCUT2D eigenvalue weighted by Gasteiger charge is 2.31. The summed E-state index contributed by atoms with van der Waals surface area (Å²) in [5.41, 5.74) is 2.98. The average molecular weight is 489 g/mol. The van der Waals surface area contributed by atoms with Crippen molar-refractivity contribution in [2.45, 2.75) is 31.5 Å². The molecule has 0 spiro atoms. The first-order valence-electron chi connectivity index (χ1n) is 11.4. The molecule has 1 aliphatic heterocycles. The number of rotatable bonds is 9. The molecule has 0 fully saturated rings. The Labute approximate surface area is 209 Å². The van der Waals surface area contributed by atoms with Gasteiger partial charge < -0.3 is 19.1 Å². The number of unbranched alkanes of at least 4 members (excludes halogenated alkanes) is 1. The summed E-state index contributed by atoms with van der Waals surface area (Å²) in [4.78, 5) is 17.0. The van der Waals surface area contributed by atoms with Crippen molar-refractivity contribution < 1.29 is 9.53 Å². The van der Waals surface area contributed by atoms with Gasteiger partial charge in [0.2, 0.25) is 0 Å². The number of para-hydroxylation sites is 2. The topological polar surface area (TPSA) is 87.3 Å². The lowest BCUT2D eigenvalue weighted by atomic mass is 10.2. The summed E-state index contributed by atoms with van der Waals surface area (Å²) in [7, 11) is 5.38. The zero-order valence-corrected chi connectivity index (χ0v) is 21.2. The van der Waals surface area contributed by atoms with Gasteiger partial charge in [-0.2, -0.15) is 5.26 Å². The molecule has 2 aromatic carbocycles. The number of aromatic nitrogens is 3. The van der Waals surface area contributed by atoms with Crippen molar-refractivity contribution >= 4 is 28.9 Å². The van der Waals surface area contributed by atoms with Crippen LogP contribution in [0.15, 0.2) is 65.1 Å². The van der Waals surface area contributed by atoms with Crippen molar-refractivity contribution in [2.75, 3.05) is 36.8 Å². The van der Waals surface area contributed by atoms with Crippen LogP contribution in [0, 0.1) is 11.3 Å². The molecular formula is C26H28N6O2S. The molecule has 2 heterocycles. The highest BCUT2D eigenvalue weighted by atomic mass is 32.2. The summed E-state index contributed by atoms with van der Waals surface area (Å²) in [6.45, 7) is 2.88. The third-order valence-corrected chi connectivity index (χ3v) is 6.95. The first kappa shape index (κ1) is 24.4. The van der Waals surface area contributed by atoms with E-state index in [2.05, 4.69) is 23.2 Å². The molecule has 0 saturated carbocycles. The highest BCUT2D eigenvalue weighted by Crippen LogP contribution is 2.40. The molecule has 9 heteroatoms. The van der Waals surface area contributed by atoms with E-state index in [0.717, 1.165) is 47.9 Å². The molecule has 1 aliphatic rings. The normalized spacial score (nSPS) is 12.5. The summed E-state index contributed by atoms with van der Waals surface area (Å²) in [5, 5.41) is 19.4. The lowest BCUT2D eigenvalue weighted by Crippen LogP contribution is -2.26. The van der Waals surface area contributed by atoms with Crippen molar-refractivity contribution in [3.8, 4) is 23.2 Å². The van der Waals surface area contributed by atoms with E-state index < -0.39 is 0 Å². The molecule has 0 bridgehead atoms. The third-order valence-electron chi connectivity index (χ3n) is 5.99. The minimum atomic E-state index is -0.241. The quantitative estimate of drug-likeness (QED) is 0.243. The number of anilines is 2. The molecule has 3 aromatic rings. The second-order valence-corrected chi connectivity index (χ2v) is 9.11. The van der Waals surface area contributed by atoms with Gasteiger partial charge in [0.15, 0.2) is 16.8 Å². The maximum absolute atomic E-state index is 13.2. The monoisotopic (exact) mass is 488 g/mol. The van der Waals surface area contributed by atoms with Gasteiger partial charge in [0.05, 0.1) is 24.2 Å². The third kappa shape index (κ3) is 4.75. The number of carbonyl (C=O) groups excluding carboxylic acids is 1. The molecule has 35 heavy (non-hydrogen) atoms. The van der Waals surface area contributed by atoms with Gasteiger partial charge in [-0.15, -0.1) is 10.2 Å². The van der Waals surface area contributed by atoms with Crippen LogP contribution in [-0.4, -0.2) is 47.5 Å². The molecule has 0 atom stereocenters. The molecule has 180 valence electrons. The predicted octanol–water partition coefficient (Wildman–Crippen LogP) is 4.74. The first-order valence-corrected chi connectivity index (χ1v) is 12.4. The minimum Gasteiger partial charge on any atom is -0.497 e. The second kappa shape index (κ2) is 10.7. The summed E-state index contributed by atoms with van der Waals surface area (Å²) >= 11 is 1.31. The smallest absolute Gasteiger partial charge is 0.191 e. The van der Waals surface area contributed by atoms with Crippen molar-refractivity contribution in [2.24, 2.45) is 0 Å². The van der Waals surface area contributed by atoms with E-state index in [1.54, 1.807) is 7.11 Å². The van der Waals surface area contributed by atoms with Crippen molar-refractivity contribution in [1.29, 1.82) is 5.26 Å². The van der Waals surface area contributed by atoms with Gasteiger partial charge >= 0.3 is 0 Å². The SMILES string of the molecule is CCCCn1c(SCC(=O)C(C#N)=C2N(C)c3ccccc3N2C)nnc1-c1ccc(OC)cc1. The number of allylic oxidation sites excluding steroid dienone is 1. The Bertz CT molecular complexity index is 1260. The number of nitriles is 1. The lowest BCUT2D eigenvalue weighted by molar-refractivity contribution is -0.112. The molecule has 0 saturated heterocycles. The zero-order chi connectivity index (χ0) is 24.9. The van der Waals surface area contributed by atoms with Gasteiger partial charge in [0.25, 0.3) is 0 Å². The molecule has 0 amide bonds. The highest BCUT2D eigenvalue weighted by molar-refractivity contribution is 7.99. The molecule has 0 unspecified atom stereocenters.